The zero-order chi connectivity index (χ0) is 24.0. The number of ketones is 2. The second kappa shape index (κ2) is 11.0. The van der Waals surface area contributed by atoms with Crippen LogP contribution in [0.5, 0.6) is 23.0 Å². The van der Waals surface area contributed by atoms with Gasteiger partial charge in [-0.05, 0) is 72.5 Å². The van der Waals surface area contributed by atoms with Crippen LogP contribution in [0.4, 0.5) is 0 Å². The van der Waals surface area contributed by atoms with E-state index < -0.39 is 11.6 Å². The third kappa shape index (κ3) is 5.93. The molecular weight excluding hydrogens is 488 g/mol. The fraction of sp³-hybridized carbons (Fsp3) is 0.231. The van der Waals surface area contributed by atoms with E-state index in [1.165, 1.54) is 20.3 Å². The molecular formula is C26H25BrO6. The highest BCUT2D eigenvalue weighted by Crippen LogP contribution is 2.29. The molecule has 3 aromatic rings. The van der Waals surface area contributed by atoms with Gasteiger partial charge in [-0.25, -0.2) is 0 Å². The normalized spacial score (nSPS) is 10.5. The zero-order valence-electron chi connectivity index (χ0n) is 18.9. The summed E-state index contributed by atoms with van der Waals surface area (Å²) in [5.74, 6) is 1.11. The number of Topliss-reactive ketones (excluding diaryl/α,β-unsaturated/α-hetero) is 2. The van der Waals surface area contributed by atoms with Crippen LogP contribution < -0.4 is 18.9 Å². The Bertz CT molecular complexity index is 1150. The minimum absolute atomic E-state index is 0.239. The third-order valence-corrected chi connectivity index (χ3v) is 5.64. The molecule has 7 heteroatoms. The van der Waals surface area contributed by atoms with Crippen LogP contribution in [0, 0.1) is 0 Å². The van der Waals surface area contributed by atoms with Gasteiger partial charge in [0.15, 0.2) is 11.5 Å². The highest BCUT2D eigenvalue weighted by molar-refractivity contribution is 9.10. The molecule has 0 saturated carbocycles. The molecule has 0 aromatic heterocycles. The molecule has 0 bridgehead atoms. The van der Waals surface area contributed by atoms with Gasteiger partial charge in [-0.3, -0.25) is 9.59 Å². The number of hydrogen-bond acceptors (Lipinski definition) is 6. The second-order valence-electron chi connectivity index (χ2n) is 7.30. The number of hydrogen-bond donors (Lipinski definition) is 0. The molecule has 0 atom stereocenters. The zero-order valence-corrected chi connectivity index (χ0v) is 20.5. The Morgan fingerprint density at radius 3 is 1.79 bits per heavy atom. The summed E-state index contributed by atoms with van der Waals surface area (Å²) in [5, 5.41) is 0. The smallest absolute Gasteiger partial charge is 0.233 e. The number of methoxy groups -OCH3 is 4. The van der Waals surface area contributed by atoms with Gasteiger partial charge in [-0.2, -0.15) is 0 Å². The summed E-state index contributed by atoms with van der Waals surface area (Å²) in [6, 6.07) is 15.7. The highest BCUT2D eigenvalue weighted by Gasteiger charge is 2.21. The van der Waals surface area contributed by atoms with Crippen LogP contribution in [0.15, 0.2) is 59.1 Å². The summed E-state index contributed by atoms with van der Waals surface area (Å²) in [6.45, 7) is 0. The van der Waals surface area contributed by atoms with E-state index in [1.54, 1.807) is 38.5 Å². The van der Waals surface area contributed by atoms with Crippen LogP contribution in [0.25, 0.3) is 0 Å². The van der Waals surface area contributed by atoms with Gasteiger partial charge in [-0.15, -0.1) is 0 Å². The lowest BCUT2D eigenvalue weighted by Gasteiger charge is -2.10. The molecule has 0 heterocycles. The Morgan fingerprint density at radius 2 is 1.21 bits per heavy atom. The fourth-order valence-corrected chi connectivity index (χ4v) is 4.01. The maximum Gasteiger partial charge on any atom is 0.233 e. The topological polar surface area (TPSA) is 71.1 Å². The first-order valence-electron chi connectivity index (χ1n) is 10.2. The molecule has 3 rings (SSSR count). The monoisotopic (exact) mass is 512 g/mol. The van der Waals surface area contributed by atoms with Crippen LogP contribution in [0.3, 0.4) is 0 Å². The van der Waals surface area contributed by atoms with Gasteiger partial charge in [0.2, 0.25) is 11.6 Å². The van der Waals surface area contributed by atoms with Gasteiger partial charge >= 0.3 is 0 Å². The number of carbonyl (C=O) groups is 2. The van der Waals surface area contributed by atoms with Crippen LogP contribution in [0.1, 0.15) is 31.8 Å². The van der Waals surface area contributed by atoms with Gasteiger partial charge < -0.3 is 18.9 Å². The molecule has 0 aliphatic rings. The minimum atomic E-state index is -0.613. The molecule has 33 heavy (non-hydrogen) atoms. The Labute approximate surface area is 201 Å². The third-order valence-electron chi connectivity index (χ3n) is 5.19. The summed E-state index contributed by atoms with van der Waals surface area (Å²) in [4.78, 5) is 25.8. The Hall–Kier alpha value is -3.32. The van der Waals surface area contributed by atoms with Crippen LogP contribution >= 0.6 is 15.9 Å². The SMILES string of the molecule is COc1cc(CCc2cc(Br)cc(C(=O)C(=O)c3ccc(OC)c(OC)c3)c2)cc(OC)c1. The van der Waals surface area contributed by atoms with Crippen LogP contribution in [-0.2, 0) is 12.8 Å². The van der Waals surface area contributed by atoms with Gasteiger partial charge in [0.1, 0.15) is 11.5 Å². The van der Waals surface area contributed by atoms with Gasteiger partial charge in [0, 0.05) is 21.7 Å². The molecule has 0 amide bonds. The second-order valence-corrected chi connectivity index (χ2v) is 8.21. The van der Waals surface area contributed by atoms with Gasteiger partial charge in [0.25, 0.3) is 0 Å². The van der Waals surface area contributed by atoms with Crippen molar-refractivity contribution in [2.24, 2.45) is 0 Å². The average Bonchev–Trinajstić information content (AvgIpc) is 2.85. The lowest BCUT2D eigenvalue weighted by Crippen LogP contribution is -2.15. The van der Waals surface area contributed by atoms with Gasteiger partial charge in [0.05, 0.1) is 28.4 Å². The first kappa shape index (κ1) is 24.3. The number of carbonyl (C=O) groups excluding carboxylic acids is 2. The number of aryl methyl sites for hydroxylation is 2. The molecule has 0 fully saturated rings. The summed E-state index contributed by atoms with van der Waals surface area (Å²) in [6.07, 6.45) is 1.38. The Kier molecular flexibility index (Phi) is 8.11. The van der Waals surface area contributed by atoms with Crippen molar-refractivity contribution in [3.63, 3.8) is 0 Å². The summed E-state index contributed by atoms with van der Waals surface area (Å²) < 4.78 is 21.8. The van der Waals surface area contributed by atoms with Crippen molar-refractivity contribution >= 4 is 27.5 Å². The van der Waals surface area contributed by atoms with Crippen molar-refractivity contribution in [2.75, 3.05) is 28.4 Å². The van der Waals surface area contributed by atoms with Crippen molar-refractivity contribution in [3.05, 3.63) is 81.3 Å². The number of halogens is 1. The molecule has 6 nitrogen and oxygen atoms in total. The van der Waals surface area contributed by atoms with E-state index >= 15 is 0 Å². The van der Waals surface area contributed by atoms with Crippen molar-refractivity contribution < 1.29 is 28.5 Å². The molecule has 0 unspecified atom stereocenters. The van der Waals surface area contributed by atoms with Crippen molar-refractivity contribution in [1.82, 2.24) is 0 Å². The van der Waals surface area contributed by atoms with E-state index in [9.17, 15) is 9.59 Å². The maximum atomic E-state index is 13.0. The van der Waals surface area contributed by atoms with Gasteiger partial charge in [-0.1, -0.05) is 15.9 Å². The van der Waals surface area contributed by atoms with Crippen LogP contribution in [0.2, 0.25) is 0 Å². The van der Waals surface area contributed by atoms with Crippen molar-refractivity contribution in [3.8, 4) is 23.0 Å². The highest BCUT2D eigenvalue weighted by atomic mass is 79.9. The minimum Gasteiger partial charge on any atom is -0.497 e. The van der Waals surface area contributed by atoms with E-state index in [4.69, 9.17) is 18.9 Å². The molecule has 0 radical (unpaired) electrons. The fourth-order valence-electron chi connectivity index (χ4n) is 3.46. The molecule has 172 valence electrons. The predicted octanol–water partition coefficient (Wildman–Crippen LogP) is 5.33. The number of ether oxygens (including phenoxy) is 4. The number of rotatable bonds is 10. The molecule has 0 aliphatic heterocycles. The van der Waals surface area contributed by atoms with Crippen LogP contribution in [-0.4, -0.2) is 40.0 Å². The largest absolute Gasteiger partial charge is 0.497 e. The van der Waals surface area contributed by atoms with Crippen molar-refractivity contribution in [2.45, 2.75) is 12.8 Å². The molecule has 0 N–H and O–H groups in total. The van der Waals surface area contributed by atoms with E-state index in [0.717, 1.165) is 27.1 Å². The van der Waals surface area contributed by atoms with E-state index in [1.807, 2.05) is 24.3 Å². The Balaban J connectivity index is 1.81. The first-order valence-corrected chi connectivity index (χ1v) is 11.0. The van der Waals surface area contributed by atoms with Crippen molar-refractivity contribution in [1.29, 1.82) is 0 Å². The standard InChI is InChI=1S/C26H25BrO6/c1-30-21-11-17(12-22(15-21)31-2)6-5-16-9-19(13-20(27)10-16)26(29)25(28)18-7-8-23(32-3)24(14-18)33-4/h7-15H,5-6H2,1-4H3. The lowest BCUT2D eigenvalue weighted by atomic mass is 9.97. The summed E-state index contributed by atoms with van der Waals surface area (Å²) >= 11 is 3.46. The van der Waals surface area contributed by atoms with E-state index in [-0.39, 0.29) is 5.56 Å². The first-order chi connectivity index (χ1) is 15.9. The average molecular weight is 513 g/mol. The molecule has 0 aliphatic carbocycles. The summed E-state index contributed by atoms with van der Waals surface area (Å²) in [7, 11) is 6.21. The quantitative estimate of drug-likeness (QED) is 0.270. The lowest BCUT2D eigenvalue weighted by molar-refractivity contribution is 0.0816. The summed E-state index contributed by atoms with van der Waals surface area (Å²) in [5.41, 5.74) is 2.53. The molecule has 3 aromatic carbocycles. The van der Waals surface area contributed by atoms with E-state index in [0.29, 0.717) is 29.9 Å². The maximum absolute atomic E-state index is 13.0. The predicted molar refractivity (Wildman–Crippen MR) is 129 cm³/mol. The molecule has 0 spiro atoms. The van der Waals surface area contributed by atoms with E-state index in [2.05, 4.69) is 15.9 Å². The Morgan fingerprint density at radius 1 is 0.636 bits per heavy atom. The number of benzene rings is 3. The molecule has 0 saturated heterocycles.